The van der Waals surface area contributed by atoms with Crippen molar-refractivity contribution >= 4 is 10.8 Å². The van der Waals surface area contributed by atoms with Crippen LogP contribution in [0.1, 0.15) is 0 Å². The summed E-state index contributed by atoms with van der Waals surface area (Å²) in [5, 5.41) is 14.1. The van der Waals surface area contributed by atoms with E-state index in [2.05, 4.69) is 18.2 Å². The SMILES string of the molecule is [O]c1ccccc1-c1cccc2ccccc12. The van der Waals surface area contributed by atoms with E-state index in [4.69, 9.17) is 0 Å². The second kappa shape index (κ2) is 3.95. The van der Waals surface area contributed by atoms with Gasteiger partial charge >= 0.3 is 0 Å². The molecule has 3 aromatic carbocycles. The first-order chi connectivity index (χ1) is 8.36. The fourth-order valence-corrected chi connectivity index (χ4v) is 2.15. The molecule has 81 valence electrons. The van der Waals surface area contributed by atoms with E-state index in [-0.39, 0.29) is 5.75 Å². The standard InChI is InChI=1S/C16H11O/c17-16-11-4-3-9-15(16)14-10-5-7-12-6-1-2-8-13(12)14/h1-11H. The van der Waals surface area contributed by atoms with Gasteiger partial charge in [-0.25, -0.2) is 0 Å². The molecule has 0 aliphatic carbocycles. The number of hydrogen-bond acceptors (Lipinski definition) is 0. The molecule has 0 saturated carbocycles. The third-order valence-electron chi connectivity index (χ3n) is 2.97. The molecule has 1 radical (unpaired) electrons. The summed E-state index contributed by atoms with van der Waals surface area (Å²) in [6, 6.07) is 21.3. The molecule has 0 aliphatic heterocycles. The Balaban J connectivity index is 2.35. The lowest BCUT2D eigenvalue weighted by molar-refractivity contribution is 0.357. The highest BCUT2D eigenvalue weighted by atomic mass is 16.3. The number of rotatable bonds is 1. The van der Waals surface area contributed by atoms with Gasteiger partial charge in [0.2, 0.25) is 0 Å². The second-order valence-corrected chi connectivity index (χ2v) is 4.02. The average Bonchev–Trinajstić information content (AvgIpc) is 2.39. The zero-order chi connectivity index (χ0) is 11.7. The predicted octanol–water partition coefficient (Wildman–Crippen LogP) is 4.65. The first-order valence-corrected chi connectivity index (χ1v) is 5.60. The molecule has 0 fully saturated rings. The minimum Gasteiger partial charge on any atom is -0.289 e. The van der Waals surface area contributed by atoms with Gasteiger partial charge in [-0.15, -0.1) is 0 Å². The summed E-state index contributed by atoms with van der Waals surface area (Å²) in [7, 11) is 0. The zero-order valence-electron chi connectivity index (χ0n) is 9.26. The number of benzene rings is 3. The van der Waals surface area contributed by atoms with Gasteiger partial charge in [0, 0.05) is 5.56 Å². The number of hydrogen-bond donors (Lipinski definition) is 0. The summed E-state index contributed by atoms with van der Waals surface area (Å²) in [5.74, 6) is 0.0730. The first-order valence-electron chi connectivity index (χ1n) is 5.60. The third-order valence-corrected chi connectivity index (χ3v) is 2.97. The van der Waals surface area contributed by atoms with Crippen molar-refractivity contribution in [1.29, 1.82) is 0 Å². The van der Waals surface area contributed by atoms with E-state index in [1.165, 1.54) is 0 Å². The fourth-order valence-electron chi connectivity index (χ4n) is 2.15. The Morgan fingerprint density at radius 3 is 2.12 bits per heavy atom. The van der Waals surface area contributed by atoms with Gasteiger partial charge in [-0.05, 0) is 22.4 Å². The van der Waals surface area contributed by atoms with Crippen LogP contribution in [-0.2, 0) is 5.11 Å². The molecule has 0 N–H and O–H groups in total. The quantitative estimate of drug-likeness (QED) is 0.567. The minimum absolute atomic E-state index is 0.0730. The predicted molar refractivity (Wildman–Crippen MR) is 69.5 cm³/mol. The molecule has 0 saturated heterocycles. The van der Waals surface area contributed by atoms with Crippen LogP contribution in [0.15, 0.2) is 66.7 Å². The van der Waals surface area contributed by atoms with Crippen molar-refractivity contribution in [3.8, 4) is 16.9 Å². The van der Waals surface area contributed by atoms with Crippen LogP contribution in [0.5, 0.6) is 5.75 Å². The van der Waals surface area contributed by atoms with E-state index >= 15 is 0 Å². The minimum atomic E-state index is 0.0730. The highest BCUT2D eigenvalue weighted by Gasteiger charge is 2.07. The van der Waals surface area contributed by atoms with Crippen LogP contribution in [0.2, 0.25) is 0 Å². The molecule has 0 amide bonds. The molecule has 0 atom stereocenters. The van der Waals surface area contributed by atoms with E-state index in [0.29, 0.717) is 0 Å². The maximum absolute atomic E-state index is 11.9. The fraction of sp³-hybridized carbons (Fsp3) is 0. The Bertz CT molecular complexity index is 666. The molecule has 0 aliphatic rings. The van der Waals surface area contributed by atoms with Crippen LogP contribution < -0.4 is 0 Å². The van der Waals surface area contributed by atoms with Crippen molar-refractivity contribution in [2.75, 3.05) is 0 Å². The van der Waals surface area contributed by atoms with Gasteiger partial charge in [-0.2, -0.15) is 0 Å². The monoisotopic (exact) mass is 219 g/mol. The van der Waals surface area contributed by atoms with Crippen LogP contribution >= 0.6 is 0 Å². The van der Waals surface area contributed by atoms with E-state index in [1.807, 2.05) is 36.4 Å². The third kappa shape index (κ3) is 1.66. The highest BCUT2D eigenvalue weighted by molar-refractivity contribution is 5.97. The summed E-state index contributed by atoms with van der Waals surface area (Å²) in [6.45, 7) is 0. The van der Waals surface area contributed by atoms with Crippen molar-refractivity contribution in [2.24, 2.45) is 0 Å². The molecular weight excluding hydrogens is 208 g/mol. The molecule has 0 bridgehead atoms. The lowest BCUT2D eigenvalue weighted by Gasteiger charge is -2.07. The van der Waals surface area contributed by atoms with Crippen molar-refractivity contribution in [1.82, 2.24) is 0 Å². The van der Waals surface area contributed by atoms with Crippen molar-refractivity contribution in [2.45, 2.75) is 0 Å². The Morgan fingerprint density at radius 1 is 0.588 bits per heavy atom. The summed E-state index contributed by atoms with van der Waals surface area (Å²) < 4.78 is 0. The summed E-state index contributed by atoms with van der Waals surface area (Å²) in [5.41, 5.74) is 1.78. The first kappa shape index (κ1) is 9.91. The van der Waals surface area contributed by atoms with E-state index in [9.17, 15) is 5.11 Å². The summed E-state index contributed by atoms with van der Waals surface area (Å²) in [6.07, 6.45) is 0. The molecule has 3 aromatic rings. The van der Waals surface area contributed by atoms with Crippen LogP contribution in [0, 0.1) is 0 Å². The van der Waals surface area contributed by atoms with E-state index in [0.717, 1.165) is 21.9 Å². The van der Waals surface area contributed by atoms with Crippen molar-refractivity contribution in [3.63, 3.8) is 0 Å². The highest BCUT2D eigenvalue weighted by Crippen LogP contribution is 2.34. The molecule has 1 heteroatoms. The van der Waals surface area contributed by atoms with Crippen LogP contribution in [-0.4, -0.2) is 0 Å². The second-order valence-electron chi connectivity index (χ2n) is 4.02. The molecule has 0 aromatic heterocycles. The molecule has 3 rings (SSSR count). The molecular formula is C16H11O. The lowest BCUT2D eigenvalue weighted by Crippen LogP contribution is -1.81. The normalized spacial score (nSPS) is 10.6. The Morgan fingerprint density at radius 2 is 1.24 bits per heavy atom. The van der Waals surface area contributed by atoms with Crippen molar-refractivity contribution in [3.05, 3.63) is 66.7 Å². The lowest BCUT2D eigenvalue weighted by atomic mass is 9.98. The maximum Gasteiger partial charge on any atom is 0.186 e. The largest absolute Gasteiger partial charge is 0.289 e. The molecule has 0 spiro atoms. The molecule has 17 heavy (non-hydrogen) atoms. The Kier molecular flexibility index (Phi) is 2.30. The smallest absolute Gasteiger partial charge is 0.186 e. The van der Waals surface area contributed by atoms with Gasteiger partial charge in [0.15, 0.2) is 5.75 Å². The maximum atomic E-state index is 11.9. The van der Waals surface area contributed by atoms with Crippen LogP contribution in [0.25, 0.3) is 21.9 Å². The Hall–Kier alpha value is -2.28. The van der Waals surface area contributed by atoms with Crippen molar-refractivity contribution < 1.29 is 5.11 Å². The van der Waals surface area contributed by atoms with E-state index < -0.39 is 0 Å². The van der Waals surface area contributed by atoms with Gasteiger partial charge in [0.05, 0.1) is 0 Å². The average molecular weight is 219 g/mol. The number of fused-ring (bicyclic) bond motifs is 1. The molecule has 0 heterocycles. The molecule has 1 nitrogen and oxygen atoms in total. The van der Waals surface area contributed by atoms with Crippen LogP contribution in [0.4, 0.5) is 0 Å². The van der Waals surface area contributed by atoms with E-state index in [1.54, 1.807) is 12.1 Å². The number of para-hydroxylation sites is 1. The van der Waals surface area contributed by atoms with Gasteiger partial charge in [0.1, 0.15) is 0 Å². The zero-order valence-corrected chi connectivity index (χ0v) is 9.26. The molecule has 0 unspecified atom stereocenters. The van der Waals surface area contributed by atoms with Gasteiger partial charge in [0.25, 0.3) is 0 Å². The van der Waals surface area contributed by atoms with Crippen LogP contribution in [0.3, 0.4) is 0 Å². The topological polar surface area (TPSA) is 19.9 Å². The van der Waals surface area contributed by atoms with Gasteiger partial charge in [-0.3, -0.25) is 5.11 Å². The van der Waals surface area contributed by atoms with Gasteiger partial charge < -0.3 is 0 Å². The Labute approximate surface area is 100.0 Å². The van der Waals surface area contributed by atoms with Gasteiger partial charge in [-0.1, -0.05) is 60.7 Å². The summed E-state index contributed by atoms with van der Waals surface area (Å²) >= 11 is 0. The summed E-state index contributed by atoms with van der Waals surface area (Å²) in [4.78, 5) is 0.